The zero-order valence-corrected chi connectivity index (χ0v) is 14.3. The molecule has 0 heterocycles. The van der Waals surface area contributed by atoms with Gasteiger partial charge in [0.2, 0.25) is 0 Å². The summed E-state index contributed by atoms with van der Waals surface area (Å²) < 4.78 is 0. The van der Waals surface area contributed by atoms with Gasteiger partial charge in [-0.25, -0.2) is 0 Å². The average Bonchev–Trinajstić information content (AvgIpc) is 2.39. The molecule has 20 heavy (non-hydrogen) atoms. The molecule has 0 aromatic rings. The normalized spacial score (nSPS) is 15.2. The second kappa shape index (κ2) is 13.5. The first-order chi connectivity index (χ1) is 9.60. The van der Waals surface area contributed by atoms with Crippen LogP contribution in [0.5, 0.6) is 0 Å². The molecule has 118 valence electrons. The van der Waals surface area contributed by atoms with Crippen LogP contribution < -0.4 is 0 Å². The van der Waals surface area contributed by atoms with Gasteiger partial charge in [0, 0.05) is 12.3 Å². The molecule has 0 unspecified atom stereocenters. The second-order valence-corrected chi connectivity index (χ2v) is 6.41. The third kappa shape index (κ3) is 12.5. The summed E-state index contributed by atoms with van der Waals surface area (Å²) in [6.45, 7) is 8.84. The molecule has 0 fully saturated rings. The molecule has 0 aromatic heterocycles. The van der Waals surface area contributed by atoms with Gasteiger partial charge in [-0.2, -0.15) is 0 Å². The Balaban J connectivity index is 3.73. The van der Waals surface area contributed by atoms with Gasteiger partial charge >= 0.3 is 0 Å². The van der Waals surface area contributed by atoms with E-state index in [1.807, 2.05) is 0 Å². The molecule has 0 aliphatic rings. The molecule has 0 radical (unpaired) electrons. The smallest absolute Gasteiger partial charge is 0.0554 e. The molecule has 3 atom stereocenters. The Labute approximate surface area is 127 Å². The topological polar surface area (TPSA) is 20.2 Å². The third-order valence-corrected chi connectivity index (χ3v) is 3.85. The summed E-state index contributed by atoms with van der Waals surface area (Å²) in [5, 5.41) is 10.1. The summed E-state index contributed by atoms with van der Waals surface area (Å²) in [5.41, 5.74) is 0. The Morgan fingerprint density at radius 2 is 1.60 bits per heavy atom. The van der Waals surface area contributed by atoms with E-state index in [-0.39, 0.29) is 6.10 Å². The fraction of sp³-hybridized carbons (Fsp3) is 0.895. The fourth-order valence-electron chi connectivity index (χ4n) is 2.58. The average molecular weight is 280 g/mol. The van der Waals surface area contributed by atoms with E-state index in [0.29, 0.717) is 11.8 Å². The van der Waals surface area contributed by atoms with Crippen molar-refractivity contribution in [1.29, 1.82) is 0 Å². The maximum atomic E-state index is 10.1. The maximum absolute atomic E-state index is 10.1. The summed E-state index contributed by atoms with van der Waals surface area (Å²) in [5.74, 6) is 7.47. The Bertz CT molecular complexity index is 261. The zero-order valence-electron chi connectivity index (χ0n) is 14.3. The van der Waals surface area contributed by atoms with E-state index >= 15 is 0 Å². The molecule has 0 rings (SSSR count). The van der Waals surface area contributed by atoms with Gasteiger partial charge in [0.25, 0.3) is 0 Å². The molecule has 1 heteroatoms. The molecule has 0 amide bonds. The van der Waals surface area contributed by atoms with Crippen molar-refractivity contribution in [2.75, 3.05) is 0 Å². The van der Waals surface area contributed by atoms with Crippen LogP contribution in [0.4, 0.5) is 0 Å². The quantitative estimate of drug-likeness (QED) is 0.388. The summed E-state index contributed by atoms with van der Waals surface area (Å²) in [6, 6.07) is 0. The molecular weight excluding hydrogens is 244 g/mol. The van der Waals surface area contributed by atoms with Gasteiger partial charge in [0.1, 0.15) is 0 Å². The number of aliphatic hydroxyl groups is 1. The minimum Gasteiger partial charge on any atom is -0.393 e. The van der Waals surface area contributed by atoms with E-state index in [2.05, 4.69) is 39.5 Å². The predicted octanol–water partition coefficient (Wildman–Crippen LogP) is 5.56. The molecule has 0 aliphatic carbocycles. The van der Waals surface area contributed by atoms with E-state index in [1.165, 1.54) is 44.9 Å². The van der Waals surface area contributed by atoms with E-state index < -0.39 is 0 Å². The summed E-state index contributed by atoms with van der Waals surface area (Å²) in [4.78, 5) is 0. The van der Waals surface area contributed by atoms with Crippen LogP contribution in [-0.4, -0.2) is 11.2 Å². The molecule has 0 saturated heterocycles. The largest absolute Gasteiger partial charge is 0.393 e. The van der Waals surface area contributed by atoms with Crippen molar-refractivity contribution in [3.63, 3.8) is 0 Å². The lowest BCUT2D eigenvalue weighted by molar-refractivity contribution is 0.125. The number of aliphatic hydroxyl groups excluding tert-OH is 1. The van der Waals surface area contributed by atoms with Gasteiger partial charge in [-0.3, -0.25) is 0 Å². The van der Waals surface area contributed by atoms with Crippen LogP contribution in [0.1, 0.15) is 91.9 Å². The minimum atomic E-state index is -0.174. The van der Waals surface area contributed by atoms with Gasteiger partial charge in [0.05, 0.1) is 6.10 Å². The van der Waals surface area contributed by atoms with Gasteiger partial charge in [-0.15, -0.1) is 11.8 Å². The lowest BCUT2D eigenvalue weighted by Gasteiger charge is -2.17. The molecule has 0 saturated carbocycles. The zero-order chi connectivity index (χ0) is 15.2. The molecule has 0 spiro atoms. The Kier molecular flexibility index (Phi) is 13.2. The van der Waals surface area contributed by atoms with Crippen LogP contribution in [0.25, 0.3) is 0 Å². The van der Waals surface area contributed by atoms with Gasteiger partial charge < -0.3 is 5.11 Å². The molecule has 0 aromatic carbocycles. The van der Waals surface area contributed by atoms with Crippen LogP contribution >= 0.6 is 0 Å². The van der Waals surface area contributed by atoms with Crippen LogP contribution in [0.2, 0.25) is 0 Å². The van der Waals surface area contributed by atoms with Crippen molar-refractivity contribution in [2.24, 2.45) is 11.8 Å². The van der Waals surface area contributed by atoms with Crippen molar-refractivity contribution in [1.82, 2.24) is 0 Å². The van der Waals surface area contributed by atoms with Crippen LogP contribution in [-0.2, 0) is 0 Å². The number of hydrogen-bond donors (Lipinski definition) is 1. The molecule has 1 nitrogen and oxygen atoms in total. The van der Waals surface area contributed by atoms with Crippen molar-refractivity contribution < 1.29 is 5.11 Å². The van der Waals surface area contributed by atoms with Crippen molar-refractivity contribution in [2.45, 2.75) is 98.0 Å². The van der Waals surface area contributed by atoms with Crippen LogP contribution in [0.3, 0.4) is 0 Å². The van der Waals surface area contributed by atoms with E-state index in [9.17, 15) is 5.11 Å². The highest BCUT2D eigenvalue weighted by molar-refractivity contribution is 5.02. The molecule has 1 N–H and O–H groups in total. The van der Waals surface area contributed by atoms with Gasteiger partial charge in [-0.05, 0) is 25.2 Å². The second-order valence-electron chi connectivity index (χ2n) is 6.41. The summed E-state index contributed by atoms with van der Waals surface area (Å²) >= 11 is 0. The Morgan fingerprint density at radius 3 is 2.25 bits per heavy atom. The first kappa shape index (κ1) is 19.5. The van der Waals surface area contributed by atoms with E-state index in [0.717, 1.165) is 19.3 Å². The van der Waals surface area contributed by atoms with Gasteiger partial charge in [-0.1, -0.05) is 66.2 Å². The highest BCUT2D eigenvalue weighted by Crippen LogP contribution is 2.19. The standard InChI is InChI=1S/C19H36O/c1-5-7-9-11-13-17(3)15-19(20)16-18(4)14-12-10-8-6-2/h17-20H,5-11,13,15-16H2,1-4H3/t17-,18+,19+/m0/s1. The third-order valence-electron chi connectivity index (χ3n) is 3.85. The number of hydrogen-bond acceptors (Lipinski definition) is 1. The number of unbranched alkanes of at least 4 members (excludes halogenated alkanes) is 5. The molecular formula is C19H36O. The first-order valence-electron chi connectivity index (χ1n) is 8.76. The number of rotatable bonds is 11. The first-order valence-corrected chi connectivity index (χ1v) is 8.76. The predicted molar refractivity (Wildman–Crippen MR) is 89.6 cm³/mol. The SMILES string of the molecule is CCCCC#C[C@@H](C)C[C@H](O)C[C@@H](C)CCCCCC. The fourth-order valence-corrected chi connectivity index (χ4v) is 2.58. The molecule has 0 aliphatic heterocycles. The Morgan fingerprint density at radius 1 is 0.900 bits per heavy atom. The highest BCUT2D eigenvalue weighted by atomic mass is 16.3. The van der Waals surface area contributed by atoms with Crippen LogP contribution in [0, 0.1) is 23.7 Å². The lowest BCUT2D eigenvalue weighted by atomic mass is 9.92. The van der Waals surface area contributed by atoms with Crippen molar-refractivity contribution in [3.05, 3.63) is 0 Å². The lowest BCUT2D eigenvalue weighted by Crippen LogP contribution is -2.15. The van der Waals surface area contributed by atoms with Crippen molar-refractivity contribution >= 4 is 0 Å². The monoisotopic (exact) mass is 280 g/mol. The van der Waals surface area contributed by atoms with E-state index in [1.54, 1.807) is 0 Å². The van der Waals surface area contributed by atoms with E-state index in [4.69, 9.17) is 0 Å². The molecule has 0 bridgehead atoms. The Hall–Kier alpha value is -0.480. The highest BCUT2D eigenvalue weighted by Gasteiger charge is 2.12. The summed E-state index contributed by atoms with van der Waals surface area (Å²) in [7, 11) is 0. The van der Waals surface area contributed by atoms with Crippen LogP contribution in [0.15, 0.2) is 0 Å². The summed E-state index contributed by atoms with van der Waals surface area (Å²) in [6.07, 6.45) is 11.6. The van der Waals surface area contributed by atoms with Crippen molar-refractivity contribution in [3.8, 4) is 11.8 Å². The maximum Gasteiger partial charge on any atom is 0.0554 e. The van der Waals surface area contributed by atoms with Gasteiger partial charge in [0.15, 0.2) is 0 Å². The minimum absolute atomic E-state index is 0.174.